The van der Waals surface area contributed by atoms with Crippen molar-refractivity contribution in [1.29, 1.82) is 0 Å². The van der Waals surface area contributed by atoms with Gasteiger partial charge in [-0.25, -0.2) is 4.79 Å². The maximum absolute atomic E-state index is 13.4. The van der Waals surface area contributed by atoms with Gasteiger partial charge in [0.15, 0.2) is 12.6 Å². The number of rotatable bonds is 43. The lowest BCUT2D eigenvalue weighted by molar-refractivity contribution is -0.386. The molecule has 0 aromatic carbocycles. The van der Waals surface area contributed by atoms with Crippen LogP contribution in [0.1, 0.15) is 206 Å². The fraction of sp³-hybridized carbons (Fsp3) is 0.912. The van der Waals surface area contributed by atoms with Crippen molar-refractivity contribution in [1.82, 2.24) is 10.6 Å². The Balaban J connectivity index is 1.66. The third kappa shape index (κ3) is 24.2. The lowest BCUT2D eigenvalue weighted by Gasteiger charge is -2.50. The number of carboxylic acid groups (broad SMARTS) is 1. The fourth-order valence-corrected chi connectivity index (χ4v) is 10.1. The highest BCUT2D eigenvalue weighted by Crippen LogP contribution is 2.38. The van der Waals surface area contributed by atoms with Crippen LogP contribution in [0.5, 0.6) is 0 Å². The second kappa shape index (κ2) is 39.9. The van der Waals surface area contributed by atoms with E-state index in [1.54, 1.807) is 6.08 Å². The summed E-state index contributed by atoms with van der Waals surface area (Å²) >= 11 is 0. The van der Waals surface area contributed by atoms with E-state index in [4.69, 9.17) is 40.8 Å². The first-order valence-corrected chi connectivity index (χ1v) is 29.0. The van der Waals surface area contributed by atoms with Gasteiger partial charge in [0.25, 0.3) is 5.79 Å². The average Bonchev–Trinajstić information content (AvgIpc) is 0.920. The molecule has 0 aliphatic carbocycles. The summed E-state index contributed by atoms with van der Waals surface area (Å²) in [4.78, 5) is 38.4. The fourth-order valence-electron chi connectivity index (χ4n) is 10.1. The molecule has 14 N–H and O–H groups in total. The van der Waals surface area contributed by atoms with E-state index in [1.165, 1.54) is 51.0 Å². The van der Waals surface area contributed by atoms with Gasteiger partial charge >= 0.3 is 5.97 Å². The minimum Gasteiger partial charge on any atom is -0.477 e. The molecule has 0 aromatic rings. The van der Waals surface area contributed by atoms with Crippen LogP contribution >= 0.6 is 0 Å². The van der Waals surface area contributed by atoms with Gasteiger partial charge in [0.05, 0.1) is 50.7 Å². The van der Waals surface area contributed by atoms with Crippen molar-refractivity contribution in [2.75, 3.05) is 26.4 Å². The third-order valence-electron chi connectivity index (χ3n) is 14.8. The Morgan fingerprint density at radius 3 is 1.86 bits per heavy atom. The number of carbonyl (C=O) groups excluding carboxylic acids is 2. The zero-order valence-corrected chi connectivity index (χ0v) is 46.8. The summed E-state index contributed by atoms with van der Waals surface area (Å²) in [6.07, 6.45) is -17.5. The molecule has 2 amide bonds. The smallest absolute Gasteiger partial charge is 0.364 e. The lowest BCUT2D eigenvalue weighted by Crippen LogP contribution is -2.70. The van der Waals surface area contributed by atoms with E-state index in [9.17, 15) is 75.7 Å². The maximum Gasteiger partial charge on any atom is 0.364 e. The summed E-state index contributed by atoms with van der Waals surface area (Å²) < 4.78 is 104. The van der Waals surface area contributed by atoms with E-state index in [0.29, 0.717) is 32.1 Å². The van der Waals surface area contributed by atoms with Crippen molar-refractivity contribution >= 4 is 17.8 Å². The second-order valence-corrected chi connectivity index (χ2v) is 21.3. The molecule has 80 heavy (non-hydrogen) atoms. The highest BCUT2D eigenvalue weighted by molar-refractivity contribution is 5.77. The summed E-state index contributed by atoms with van der Waals surface area (Å²) in [5.41, 5.74) is 0. The van der Waals surface area contributed by atoms with Crippen molar-refractivity contribution in [2.24, 2.45) is 0 Å². The number of ether oxygens (including phenoxy) is 6. The zero-order valence-electron chi connectivity index (χ0n) is 55.8. The van der Waals surface area contributed by atoms with Crippen molar-refractivity contribution in [3.05, 3.63) is 12.2 Å². The molecule has 0 bridgehead atoms. The molecule has 3 aliphatic rings. The van der Waals surface area contributed by atoms with Crippen molar-refractivity contribution in [3.8, 4) is 0 Å². The molecule has 0 unspecified atom stereocenters. The molecule has 18 atom stereocenters. The van der Waals surface area contributed by atoms with E-state index in [2.05, 4.69) is 17.6 Å². The number of aliphatic hydroxyl groups excluding tert-OH is 11. The summed E-state index contributed by atoms with van der Waals surface area (Å²) in [6, 6.07) is -2.74. The zero-order chi connectivity index (χ0) is 66.9. The van der Waals surface area contributed by atoms with Gasteiger partial charge in [0.1, 0.15) is 67.1 Å². The summed E-state index contributed by atoms with van der Waals surface area (Å²) in [6.45, 7) is -3.73. The van der Waals surface area contributed by atoms with Crippen LogP contribution in [0.4, 0.5) is 0 Å². The average molecular weight is 1160 g/mol. The molecule has 468 valence electrons. The minimum atomic E-state index is -3.39. The van der Waals surface area contributed by atoms with Crippen molar-refractivity contribution in [3.63, 3.8) is 0 Å². The number of allylic oxidation sites excluding steroid dienone is 1. The number of hydrogen-bond acceptors (Lipinski definition) is 20. The quantitative estimate of drug-likeness (QED) is 0.0308. The molecule has 0 saturated carbocycles. The molecule has 0 radical (unpaired) electrons. The predicted octanol–water partition coefficient (Wildman–Crippen LogP) is 2.39. The Hall–Kier alpha value is -2.53. The van der Waals surface area contributed by atoms with Crippen LogP contribution in [0.2, 0.25) is 0 Å². The normalized spacial score (nSPS) is 33.1. The van der Waals surface area contributed by atoms with E-state index in [1.807, 2.05) is 0 Å². The number of aliphatic carboxylic acids is 1. The molecule has 3 saturated heterocycles. The van der Waals surface area contributed by atoms with Crippen LogP contribution in [0.15, 0.2) is 12.2 Å². The monoisotopic (exact) mass is 1160 g/mol. The Morgan fingerprint density at radius 1 is 0.725 bits per heavy atom. The largest absolute Gasteiger partial charge is 0.477 e. The SMILES string of the molecule is [2H]C([2H])([2H])C([2H])([2H])C([2H])([2H])C([2H])([2H])CCCCCCCCCCCC(=O)N[C@@H](CO[C@@H]1O[C@H](CO)[C@@H](O[C@@H]2O[C@H](CO)[C@H](O)[C@H](O[C@]3(C(=O)O)C[C@H](O)[C@@H](NC(C)=O)[C@H]([C@H](O)[C@H](O)CO)O3)[C@H]2O)[C@H](O)[C@H]1O)[C@H](O)/C=C/CCCCCCCCCCCCC. The van der Waals surface area contributed by atoms with Crippen LogP contribution in [-0.2, 0) is 42.8 Å². The van der Waals surface area contributed by atoms with Gasteiger partial charge in [-0.2, -0.15) is 0 Å². The molecule has 23 heteroatoms. The van der Waals surface area contributed by atoms with Crippen LogP contribution in [0, 0.1) is 0 Å². The minimum absolute atomic E-state index is 0.0621. The van der Waals surface area contributed by atoms with E-state index in [-0.39, 0.29) is 19.3 Å². The van der Waals surface area contributed by atoms with Crippen LogP contribution in [0.3, 0.4) is 0 Å². The number of carboxylic acids is 1. The van der Waals surface area contributed by atoms with E-state index >= 15 is 0 Å². The first-order chi connectivity index (χ1) is 41.8. The topological polar surface area (TPSA) is 373 Å². The number of aliphatic hydroxyl groups is 11. The van der Waals surface area contributed by atoms with E-state index in [0.717, 1.165) is 58.3 Å². The first kappa shape index (κ1) is 57.9. The lowest BCUT2D eigenvalue weighted by atomic mass is 9.88. The molecule has 3 aliphatic heterocycles. The molecule has 3 rings (SSSR count). The molecule has 3 fully saturated rings. The summed E-state index contributed by atoms with van der Waals surface area (Å²) in [7, 11) is 0. The standard InChI is InChI=1S/C57H104N2O21/c1-4-6-8-10-12-14-16-18-20-22-24-26-28-30-39(64)38(59-44(67)31-29-27-25-23-21-19-17-15-13-11-9-7-5-2)36-75-54-49(71)48(70)51(43(35-62)77-54)78-55-50(72)53(47(69)42(34-61)76-55)80-57(56(73)74)32-40(65)45(58-37(3)63)52(79-57)46(68)41(66)33-60/h28,30,38-43,45-55,60-62,64-66,68-72H,4-27,29,31-36H2,1-3H3,(H,58,63)(H,59,67)(H,73,74)/b30-28+/t38-,39+,40-,41+,42+,43+,45+,46+,47-,48+,49+,50+,51+,52+,53-,54+,55-,57-/m0/s1/i2D3,5D2,7D2,9D2. The third-order valence-corrected chi connectivity index (χ3v) is 14.8. The van der Waals surface area contributed by atoms with E-state index < -0.39 is 186 Å². The van der Waals surface area contributed by atoms with Gasteiger partial charge < -0.3 is 100 Å². The summed E-state index contributed by atoms with van der Waals surface area (Å²) in [5, 5.41) is 135. The number of unbranched alkanes of at least 4 members (excludes halogenated alkanes) is 19. The molecule has 0 aromatic heterocycles. The Bertz CT molecular complexity index is 2080. The van der Waals surface area contributed by atoms with Crippen molar-refractivity contribution < 1.29 is 116 Å². The van der Waals surface area contributed by atoms with Gasteiger partial charge in [-0.15, -0.1) is 0 Å². The Morgan fingerprint density at radius 2 is 1.30 bits per heavy atom. The first-order valence-electron chi connectivity index (χ1n) is 33.5. The molecular formula is C57H104N2O21. The Kier molecular flexibility index (Phi) is 28.9. The molecule has 0 spiro atoms. The molecule has 3 heterocycles. The van der Waals surface area contributed by atoms with Gasteiger partial charge in [-0.3, -0.25) is 9.59 Å². The van der Waals surface area contributed by atoms with Gasteiger partial charge in [-0.1, -0.05) is 167 Å². The van der Waals surface area contributed by atoms with Crippen LogP contribution < -0.4 is 10.6 Å². The van der Waals surface area contributed by atoms with Gasteiger partial charge in [0, 0.05) is 32.1 Å². The van der Waals surface area contributed by atoms with Crippen LogP contribution in [-0.4, -0.2) is 215 Å². The number of amides is 2. The number of hydrogen-bond donors (Lipinski definition) is 14. The van der Waals surface area contributed by atoms with Crippen molar-refractivity contribution in [2.45, 2.75) is 304 Å². The second-order valence-electron chi connectivity index (χ2n) is 21.3. The van der Waals surface area contributed by atoms with Gasteiger partial charge in [0.2, 0.25) is 11.8 Å². The summed E-state index contributed by atoms with van der Waals surface area (Å²) in [5.74, 6) is -6.35. The Labute approximate surface area is 486 Å². The molecular weight excluding hydrogens is 1050 g/mol. The number of nitrogens with one attached hydrogen (secondary N) is 2. The predicted molar refractivity (Wildman–Crippen MR) is 292 cm³/mol. The van der Waals surface area contributed by atoms with Crippen LogP contribution in [0.25, 0.3) is 0 Å². The van der Waals surface area contributed by atoms with Gasteiger partial charge in [-0.05, 0) is 19.3 Å². The maximum atomic E-state index is 13.4. The highest BCUT2D eigenvalue weighted by Gasteiger charge is 2.60. The highest BCUT2D eigenvalue weighted by atomic mass is 16.8. The number of carbonyl (C=O) groups is 3. The molecule has 23 nitrogen and oxygen atoms in total.